The van der Waals surface area contributed by atoms with Crippen LogP contribution in [-0.2, 0) is 11.3 Å². The lowest BCUT2D eigenvalue weighted by atomic mass is 10.1. The number of unbranched alkanes of at least 4 members (excludes halogenated alkanes) is 2. The molecule has 0 atom stereocenters. The molecule has 0 unspecified atom stereocenters. The van der Waals surface area contributed by atoms with Crippen molar-refractivity contribution < 1.29 is 9.53 Å². The van der Waals surface area contributed by atoms with E-state index in [4.69, 9.17) is 10.5 Å². The number of hydrogen-bond acceptors (Lipinski definition) is 4. The van der Waals surface area contributed by atoms with E-state index in [0.717, 1.165) is 31.3 Å². The van der Waals surface area contributed by atoms with Gasteiger partial charge in [-0.3, -0.25) is 4.79 Å². The van der Waals surface area contributed by atoms with E-state index >= 15 is 0 Å². The van der Waals surface area contributed by atoms with Gasteiger partial charge in [-0.2, -0.15) is 0 Å². The van der Waals surface area contributed by atoms with Crippen LogP contribution in [0.15, 0.2) is 29.2 Å². The molecule has 1 heterocycles. The average Bonchev–Trinajstić information content (AvgIpc) is 2.50. The topological polar surface area (TPSA) is 74.3 Å². The molecule has 2 N–H and O–H groups in total. The first-order chi connectivity index (χ1) is 10.6. The van der Waals surface area contributed by atoms with Crippen molar-refractivity contribution in [3.63, 3.8) is 0 Å². The highest BCUT2D eigenvalue weighted by Crippen LogP contribution is 2.19. The summed E-state index contributed by atoms with van der Waals surface area (Å²) in [7, 11) is 0. The molecule has 0 spiro atoms. The van der Waals surface area contributed by atoms with Crippen molar-refractivity contribution in [2.24, 2.45) is 0 Å². The summed E-state index contributed by atoms with van der Waals surface area (Å²) in [6, 6.07) is 5.35. The number of pyridine rings is 1. The number of nitrogen functional groups attached to an aromatic ring is 1. The first-order valence-corrected chi connectivity index (χ1v) is 7.68. The molecule has 0 amide bonds. The Bertz CT molecular complexity index is 734. The molecule has 0 saturated carbocycles. The summed E-state index contributed by atoms with van der Waals surface area (Å²) in [4.78, 5) is 24.6. The predicted octanol–water partition coefficient (Wildman–Crippen LogP) is 2.95. The normalized spacial score (nSPS) is 10.8. The van der Waals surface area contributed by atoms with Crippen molar-refractivity contribution in [1.29, 1.82) is 0 Å². The molecule has 2 rings (SSSR count). The number of anilines is 1. The number of carbonyl (C=O) groups is 1. The second-order valence-electron chi connectivity index (χ2n) is 5.23. The third kappa shape index (κ3) is 3.13. The van der Waals surface area contributed by atoms with Gasteiger partial charge < -0.3 is 15.0 Å². The van der Waals surface area contributed by atoms with Crippen LogP contribution < -0.4 is 11.2 Å². The molecular formula is C17H22N2O3. The van der Waals surface area contributed by atoms with Gasteiger partial charge in [-0.15, -0.1) is 0 Å². The zero-order chi connectivity index (χ0) is 16.1. The second kappa shape index (κ2) is 7.11. The van der Waals surface area contributed by atoms with Crippen molar-refractivity contribution in [2.75, 3.05) is 12.3 Å². The molecular weight excluding hydrogens is 280 g/mol. The Morgan fingerprint density at radius 1 is 1.27 bits per heavy atom. The predicted molar refractivity (Wildman–Crippen MR) is 88.1 cm³/mol. The van der Waals surface area contributed by atoms with Gasteiger partial charge in [-0.05, 0) is 25.5 Å². The third-order valence-corrected chi connectivity index (χ3v) is 3.64. The van der Waals surface area contributed by atoms with Crippen LogP contribution in [0.25, 0.3) is 10.9 Å². The maximum Gasteiger partial charge on any atom is 0.343 e. The van der Waals surface area contributed by atoms with Gasteiger partial charge in [0.05, 0.1) is 17.5 Å². The number of hydrogen-bond donors (Lipinski definition) is 1. The van der Waals surface area contributed by atoms with Gasteiger partial charge in [0.15, 0.2) is 0 Å². The first-order valence-electron chi connectivity index (χ1n) is 7.68. The SMILES string of the molecule is CCCCCn1cc(C(=O)OCC)c(=O)c2c(N)cccc21. The Morgan fingerprint density at radius 2 is 2.05 bits per heavy atom. The average molecular weight is 302 g/mol. The Labute approximate surface area is 129 Å². The first kappa shape index (κ1) is 16.1. The van der Waals surface area contributed by atoms with Gasteiger partial charge in [-0.25, -0.2) is 4.79 Å². The van der Waals surface area contributed by atoms with E-state index in [1.807, 2.05) is 16.7 Å². The van der Waals surface area contributed by atoms with Crippen LogP contribution >= 0.6 is 0 Å². The Balaban J connectivity index is 2.61. The Kier molecular flexibility index (Phi) is 5.20. The molecule has 0 aliphatic carbocycles. The minimum absolute atomic E-state index is 0.0451. The van der Waals surface area contributed by atoms with E-state index in [0.29, 0.717) is 11.1 Å². The molecule has 118 valence electrons. The van der Waals surface area contributed by atoms with Crippen molar-refractivity contribution in [3.05, 3.63) is 40.2 Å². The molecule has 0 saturated heterocycles. The standard InChI is InChI=1S/C17H22N2O3/c1-3-5-6-10-19-11-12(17(21)22-4-2)16(20)15-13(18)8-7-9-14(15)19/h7-9,11H,3-6,10,18H2,1-2H3. The summed E-state index contributed by atoms with van der Waals surface area (Å²) in [5.74, 6) is -0.595. The van der Waals surface area contributed by atoms with Crippen molar-refractivity contribution in [1.82, 2.24) is 4.57 Å². The summed E-state index contributed by atoms with van der Waals surface area (Å²) < 4.78 is 6.91. The van der Waals surface area contributed by atoms with E-state index in [9.17, 15) is 9.59 Å². The van der Waals surface area contributed by atoms with Crippen LogP contribution in [-0.4, -0.2) is 17.1 Å². The highest BCUT2D eigenvalue weighted by atomic mass is 16.5. The number of nitrogens with two attached hydrogens (primary N) is 1. The molecule has 0 aliphatic heterocycles. The van der Waals surface area contributed by atoms with Crippen molar-refractivity contribution >= 4 is 22.6 Å². The summed E-state index contributed by atoms with van der Waals surface area (Å²) in [6.45, 7) is 4.82. The van der Waals surface area contributed by atoms with Gasteiger partial charge >= 0.3 is 5.97 Å². The number of carbonyl (C=O) groups excluding carboxylic acids is 1. The fourth-order valence-corrected chi connectivity index (χ4v) is 2.53. The lowest BCUT2D eigenvalue weighted by molar-refractivity contribution is 0.0524. The number of aromatic nitrogens is 1. The number of ether oxygens (including phenoxy) is 1. The minimum Gasteiger partial charge on any atom is -0.462 e. The second-order valence-corrected chi connectivity index (χ2v) is 5.23. The third-order valence-electron chi connectivity index (χ3n) is 3.64. The molecule has 0 aliphatic rings. The summed E-state index contributed by atoms with van der Waals surface area (Å²) in [6.07, 6.45) is 4.76. The zero-order valence-electron chi connectivity index (χ0n) is 13.1. The molecule has 0 radical (unpaired) electrons. The zero-order valence-corrected chi connectivity index (χ0v) is 13.1. The molecule has 5 heteroatoms. The summed E-state index contributed by atoms with van der Waals surface area (Å²) in [5.41, 5.74) is 6.79. The van der Waals surface area contributed by atoms with Crippen molar-refractivity contribution in [2.45, 2.75) is 39.7 Å². The number of fused-ring (bicyclic) bond motifs is 1. The van der Waals surface area contributed by atoms with E-state index in [1.165, 1.54) is 0 Å². The highest BCUT2D eigenvalue weighted by Gasteiger charge is 2.17. The Morgan fingerprint density at radius 3 is 2.73 bits per heavy atom. The molecule has 1 aromatic heterocycles. The fraction of sp³-hybridized carbons (Fsp3) is 0.412. The Hall–Kier alpha value is -2.30. The van der Waals surface area contributed by atoms with Crippen LogP contribution in [0.2, 0.25) is 0 Å². The molecule has 5 nitrogen and oxygen atoms in total. The molecule has 2 aromatic rings. The smallest absolute Gasteiger partial charge is 0.343 e. The number of esters is 1. The monoisotopic (exact) mass is 302 g/mol. The lowest BCUT2D eigenvalue weighted by Crippen LogP contribution is -2.21. The van der Waals surface area contributed by atoms with E-state index < -0.39 is 5.97 Å². The van der Waals surface area contributed by atoms with E-state index in [2.05, 4.69) is 6.92 Å². The van der Waals surface area contributed by atoms with Gasteiger partial charge in [0.1, 0.15) is 5.56 Å². The number of rotatable bonds is 6. The van der Waals surface area contributed by atoms with Gasteiger partial charge in [0.2, 0.25) is 5.43 Å². The molecule has 22 heavy (non-hydrogen) atoms. The molecule has 0 fully saturated rings. The highest BCUT2D eigenvalue weighted by molar-refractivity contribution is 5.97. The van der Waals surface area contributed by atoms with Crippen molar-refractivity contribution in [3.8, 4) is 0 Å². The summed E-state index contributed by atoms with van der Waals surface area (Å²) >= 11 is 0. The maximum atomic E-state index is 12.6. The van der Waals surface area contributed by atoms with Crippen LogP contribution in [0, 0.1) is 0 Å². The van der Waals surface area contributed by atoms with E-state index in [1.54, 1.807) is 19.2 Å². The van der Waals surface area contributed by atoms with Crippen LogP contribution in [0.4, 0.5) is 5.69 Å². The fourth-order valence-electron chi connectivity index (χ4n) is 2.53. The maximum absolute atomic E-state index is 12.6. The quantitative estimate of drug-likeness (QED) is 0.506. The van der Waals surface area contributed by atoms with E-state index in [-0.39, 0.29) is 17.6 Å². The number of benzene rings is 1. The molecule has 0 bridgehead atoms. The van der Waals surface area contributed by atoms with Gasteiger partial charge in [-0.1, -0.05) is 25.8 Å². The van der Waals surface area contributed by atoms with Gasteiger partial charge in [0, 0.05) is 18.4 Å². The summed E-state index contributed by atoms with van der Waals surface area (Å²) in [5, 5.41) is 0.393. The number of nitrogens with zero attached hydrogens (tertiary/aromatic N) is 1. The number of aryl methyl sites for hydroxylation is 1. The van der Waals surface area contributed by atoms with Crippen LogP contribution in [0.5, 0.6) is 0 Å². The lowest BCUT2D eigenvalue weighted by Gasteiger charge is -2.14. The largest absolute Gasteiger partial charge is 0.462 e. The van der Waals surface area contributed by atoms with Gasteiger partial charge in [0.25, 0.3) is 0 Å². The minimum atomic E-state index is -0.595. The van der Waals surface area contributed by atoms with Crippen LogP contribution in [0.3, 0.4) is 0 Å². The molecule has 1 aromatic carbocycles. The van der Waals surface area contributed by atoms with Crippen LogP contribution in [0.1, 0.15) is 43.5 Å².